The number of nitrogens with one attached hydrogen (secondary N) is 2. The topological polar surface area (TPSA) is 75.9 Å². The van der Waals surface area contributed by atoms with E-state index < -0.39 is 0 Å². The molecule has 0 bridgehead atoms. The Morgan fingerprint density at radius 3 is 2.53 bits per heavy atom. The van der Waals surface area contributed by atoms with Crippen molar-refractivity contribution in [2.24, 2.45) is 11.8 Å². The highest BCUT2D eigenvalue weighted by Gasteiger charge is 2.21. The fourth-order valence-electron chi connectivity index (χ4n) is 1.90. The van der Waals surface area contributed by atoms with Crippen LogP contribution in [-0.2, 0) is 0 Å². The minimum Gasteiger partial charge on any atom is -0.370 e. The van der Waals surface area contributed by atoms with E-state index in [4.69, 9.17) is 5.84 Å². The summed E-state index contributed by atoms with van der Waals surface area (Å²) in [5.74, 6) is 8.37. The number of benzene rings is 1. The molecule has 19 heavy (non-hydrogen) atoms. The monoisotopic (exact) mass is 255 g/mol. The van der Waals surface area contributed by atoms with E-state index in [9.17, 15) is 0 Å². The van der Waals surface area contributed by atoms with E-state index in [2.05, 4.69) is 20.7 Å². The molecule has 1 heterocycles. The Bertz CT molecular complexity index is 551. The maximum Gasteiger partial charge on any atom is 0.163 e. The summed E-state index contributed by atoms with van der Waals surface area (Å²) in [6, 6.07) is 11.7. The minimum atomic E-state index is 0.618. The van der Waals surface area contributed by atoms with Crippen LogP contribution in [0, 0.1) is 5.92 Å². The highest BCUT2D eigenvalue weighted by atomic mass is 15.3. The van der Waals surface area contributed by atoms with E-state index in [0.29, 0.717) is 11.6 Å². The summed E-state index contributed by atoms with van der Waals surface area (Å²) in [5.41, 5.74) is 3.57. The third kappa shape index (κ3) is 3.00. The van der Waals surface area contributed by atoms with Crippen LogP contribution in [0.5, 0.6) is 0 Å². The van der Waals surface area contributed by atoms with Crippen molar-refractivity contribution < 1.29 is 0 Å². The summed E-state index contributed by atoms with van der Waals surface area (Å²) in [6.45, 7) is 0.968. The Morgan fingerprint density at radius 2 is 1.84 bits per heavy atom. The zero-order valence-corrected chi connectivity index (χ0v) is 10.6. The number of aromatic nitrogens is 2. The maximum atomic E-state index is 5.47. The molecule has 1 fully saturated rings. The van der Waals surface area contributed by atoms with E-state index in [-0.39, 0.29) is 0 Å². The molecule has 4 N–H and O–H groups in total. The number of anilines is 2. The van der Waals surface area contributed by atoms with Crippen LogP contribution in [0.2, 0.25) is 0 Å². The van der Waals surface area contributed by atoms with Gasteiger partial charge in [-0.3, -0.25) is 0 Å². The van der Waals surface area contributed by atoms with Gasteiger partial charge in [-0.25, -0.2) is 15.8 Å². The van der Waals surface area contributed by atoms with Crippen molar-refractivity contribution in [1.82, 2.24) is 9.97 Å². The molecule has 5 nitrogen and oxygen atoms in total. The van der Waals surface area contributed by atoms with Gasteiger partial charge >= 0.3 is 0 Å². The molecule has 0 amide bonds. The fourth-order valence-corrected chi connectivity index (χ4v) is 1.90. The fraction of sp³-hybridized carbons (Fsp3) is 0.286. The van der Waals surface area contributed by atoms with Crippen LogP contribution in [0.4, 0.5) is 11.6 Å². The van der Waals surface area contributed by atoms with Crippen molar-refractivity contribution in [1.29, 1.82) is 0 Å². The molecular formula is C14H17N5. The zero-order valence-electron chi connectivity index (χ0n) is 10.6. The highest BCUT2D eigenvalue weighted by Crippen LogP contribution is 2.29. The molecule has 1 aromatic carbocycles. The minimum absolute atomic E-state index is 0.618. The molecule has 0 radical (unpaired) electrons. The van der Waals surface area contributed by atoms with Crippen molar-refractivity contribution in [3.05, 3.63) is 36.4 Å². The normalized spacial score (nSPS) is 14.2. The molecule has 0 aliphatic heterocycles. The van der Waals surface area contributed by atoms with E-state index in [1.165, 1.54) is 12.8 Å². The van der Waals surface area contributed by atoms with Crippen molar-refractivity contribution in [2.75, 3.05) is 17.3 Å². The zero-order chi connectivity index (χ0) is 13.1. The molecule has 1 aliphatic rings. The molecule has 0 atom stereocenters. The smallest absolute Gasteiger partial charge is 0.163 e. The number of hydrogen-bond donors (Lipinski definition) is 3. The van der Waals surface area contributed by atoms with Gasteiger partial charge in [0.05, 0.1) is 0 Å². The molecule has 1 aromatic heterocycles. The summed E-state index contributed by atoms with van der Waals surface area (Å²) in [6.07, 6.45) is 2.62. The summed E-state index contributed by atoms with van der Waals surface area (Å²) in [7, 11) is 0. The van der Waals surface area contributed by atoms with Crippen molar-refractivity contribution in [3.63, 3.8) is 0 Å². The van der Waals surface area contributed by atoms with Gasteiger partial charge in [0.25, 0.3) is 0 Å². The molecular weight excluding hydrogens is 238 g/mol. The molecule has 0 unspecified atom stereocenters. The summed E-state index contributed by atoms with van der Waals surface area (Å²) in [5, 5.41) is 3.34. The van der Waals surface area contributed by atoms with Crippen molar-refractivity contribution in [3.8, 4) is 11.4 Å². The molecule has 2 aromatic rings. The van der Waals surface area contributed by atoms with Gasteiger partial charge in [0, 0.05) is 18.2 Å². The quantitative estimate of drug-likeness (QED) is 0.564. The van der Waals surface area contributed by atoms with Crippen molar-refractivity contribution in [2.45, 2.75) is 12.8 Å². The molecule has 0 spiro atoms. The van der Waals surface area contributed by atoms with Gasteiger partial charge in [0.1, 0.15) is 11.6 Å². The third-order valence-corrected chi connectivity index (χ3v) is 3.17. The number of nitrogens with zero attached hydrogens (tertiary/aromatic N) is 2. The lowest BCUT2D eigenvalue weighted by Crippen LogP contribution is -2.12. The van der Waals surface area contributed by atoms with Crippen LogP contribution >= 0.6 is 0 Å². The van der Waals surface area contributed by atoms with Gasteiger partial charge in [-0.1, -0.05) is 30.3 Å². The lowest BCUT2D eigenvalue weighted by Gasteiger charge is -2.09. The lowest BCUT2D eigenvalue weighted by atomic mass is 10.2. The second-order valence-corrected chi connectivity index (χ2v) is 4.80. The Hall–Kier alpha value is -2.14. The second-order valence-electron chi connectivity index (χ2n) is 4.80. The first kappa shape index (κ1) is 11.9. The number of hydrogen-bond acceptors (Lipinski definition) is 5. The van der Waals surface area contributed by atoms with Crippen LogP contribution in [0.15, 0.2) is 36.4 Å². The van der Waals surface area contributed by atoms with Gasteiger partial charge < -0.3 is 10.7 Å². The second kappa shape index (κ2) is 5.24. The molecule has 0 saturated heterocycles. The summed E-state index contributed by atoms with van der Waals surface area (Å²) in [4.78, 5) is 8.91. The Morgan fingerprint density at radius 1 is 1.11 bits per heavy atom. The van der Waals surface area contributed by atoms with Crippen LogP contribution < -0.4 is 16.6 Å². The highest BCUT2D eigenvalue weighted by molar-refractivity contribution is 5.60. The number of hydrazine groups is 1. The van der Waals surface area contributed by atoms with E-state index >= 15 is 0 Å². The van der Waals surface area contributed by atoms with E-state index in [1.807, 2.05) is 36.4 Å². The van der Waals surface area contributed by atoms with Crippen LogP contribution in [0.3, 0.4) is 0 Å². The number of rotatable bonds is 5. The summed E-state index contributed by atoms with van der Waals surface area (Å²) >= 11 is 0. The van der Waals surface area contributed by atoms with Crippen LogP contribution in [-0.4, -0.2) is 16.5 Å². The summed E-state index contributed by atoms with van der Waals surface area (Å²) < 4.78 is 0. The van der Waals surface area contributed by atoms with Gasteiger partial charge in [0.15, 0.2) is 5.82 Å². The Kier molecular flexibility index (Phi) is 3.29. The van der Waals surface area contributed by atoms with Crippen LogP contribution in [0.1, 0.15) is 12.8 Å². The number of nitrogens with two attached hydrogens (primary N) is 1. The average molecular weight is 255 g/mol. The first-order valence-corrected chi connectivity index (χ1v) is 6.50. The predicted octanol–water partition coefficient (Wildman–Crippen LogP) is 2.25. The molecule has 1 aliphatic carbocycles. The molecule has 1 saturated carbocycles. The SMILES string of the molecule is NNc1cc(NCC2CC2)nc(-c2ccccc2)n1. The number of nitrogen functional groups attached to an aromatic ring is 1. The molecule has 3 rings (SSSR count). The lowest BCUT2D eigenvalue weighted by molar-refractivity contribution is 0.881. The van der Waals surface area contributed by atoms with Gasteiger partial charge in [0.2, 0.25) is 0 Å². The van der Waals surface area contributed by atoms with Gasteiger partial charge in [-0.05, 0) is 18.8 Å². The van der Waals surface area contributed by atoms with E-state index in [1.54, 1.807) is 0 Å². The van der Waals surface area contributed by atoms with Crippen LogP contribution in [0.25, 0.3) is 11.4 Å². The standard InChI is InChI=1S/C14H17N5/c15-19-13-8-12(16-9-10-6-7-10)17-14(18-13)11-4-2-1-3-5-11/h1-5,8,10H,6-7,9,15H2,(H2,16,17,18,19). The maximum absolute atomic E-state index is 5.47. The largest absolute Gasteiger partial charge is 0.370 e. The third-order valence-electron chi connectivity index (χ3n) is 3.17. The Labute approximate surface area is 112 Å². The Balaban J connectivity index is 1.87. The predicted molar refractivity (Wildman–Crippen MR) is 76.5 cm³/mol. The van der Waals surface area contributed by atoms with E-state index in [0.717, 1.165) is 23.8 Å². The van der Waals surface area contributed by atoms with Gasteiger partial charge in [-0.2, -0.15) is 0 Å². The van der Waals surface area contributed by atoms with Gasteiger partial charge in [-0.15, -0.1) is 0 Å². The first-order valence-electron chi connectivity index (χ1n) is 6.50. The first-order chi connectivity index (χ1) is 9.35. The molecule has 98 valence electrons. The molecule has 5 heteroatoms. The van der Waals surface area contributed by atoms with Crippen molar-refractivity contribution >= 4 is 11.6 Å². The average Bonchev–Trinajstić information content (AvgIpc) is 3.30.